The van der Waals surface area contributed by atoms with E-state index < -0.39 is 0 Å². The third-order valence-electron chi connectivity index (χ3n) is 3.66. The van der Waals surface area contributed by atoms with Crippen LogP contribution in [0.25, 0.3) is 0 Å². The van der Waals surface area contributed by atoms with Crippen LogP contribution in [0.2, 0.25) is 0 Å². The molecule has 6 nitrogen and oxygen atoms in total. The molecule has 1 aliphatic rings. The average Bonchev–Trinajstić information content (AvgIpc) is 2.93. The van der Waals surface area contributed by atoms with Gasteiger partial charge in [-0.3, -0.25) is 4.79 Å². The molecule has 0 bridgehead atoms. The lowest BCUT2D eigenvalue weighted by Gasteiger charge is -2.28. The highest BCUT2D eigenvalue weighted by molar-refractivity contribution is 5.96. The predicted octanol–water partition coefficient (Wildman–Crippen LogP) is 2.55. The minimum absolute atomic E-state index is 0.0120. The first-order chi connectivity index (χ1) is 10.6. The number of ether oxygens (including phenoxy) is 1. The number of rotatable bonds is 4. The molecule has 0 amide bonds. The van der Waals surface area contributed by atoms with Gasteiger partial charge in [-0.25, -0.2) is 4.68 Å². The Morgan fingerprint density at radius 1 is 1.45 bits per heavy atom. The lowest BCUT2D eigenvalue weighted by molar-refractivity contribution is -0.114. The summed E-state index contributed by atoms with van der Waals surface area (Å²) in [5, 5.41) is 7.40. The molecule has 0 radical (unpaired) electrons. The molecule has 3 rings (SSSR count). The molecular formula is C16H18N4O2. The van der Waals surface area contributed by atoms with E-state index in [-0.39, 0.29) is 11.8 Å². The standard InChI is InChI=1S/C16H18N4O2/c1-4-22-13-7-5-6-12(8-13)15-14(11(3)21)10(2)19-16-17-9-18-20(15)16/h5-9,15H,4H2,1-3H3,(H,17,18,19). The van der Waals surface area contributed by atoms with Crippen LogP contribution in [0, 0.1) is 0 Å². The third-order valence-corrected chi connectivity index (χ3v) is 3.66. The lowest BCUT2D eigenvalue weighted by atomic mass is 9.93. The molecule has 2 aromatic rings. The average molecular weight is 298 g/mol. The molecule has 0 aliphatic carbocycles. The van der Waals surface area contributed by atoms with Crippen molar-refractivity contribution in [2.75, 3.05) is 11.9 Å². The van der Waals surface area contributed by atoms with Gasteiger partial charge in [0, 0.05) is 11.3 Å². The predicted molar refractivity (Wildman–Crippen MR) is 82.8 cm³/mol. The number of nitrogens with zero attached hydrogens (tertiary/aromatic N) is 3. The third kappa shape index (κ3) is 2.36. The summed E-state index contributed by atoms with van der Waals surface area (Å²) >= 11 is 0. The number of nitrogens with one attached hydrogen (secondary N) is 1. The van der Waals surface area contributed by atoms with Crippen molar-refractivity contribution in [2.24, 2.45) is 0 Å². The number of hydrogen-bond acceptors (Lipinski definition) is 5. The van der Waals surface area contributed by atoms with E-state index in [4.69, 9.17) is 4.74 Å². The van der Waals surface area contributed by atoms with E-state index in [0.29, 0.717) is 18.1 Å². The minimum Gasteiger partial charge on any atom is -0.494 e. The Hall–Kier alpha value is -2.63. The van der Waals surface area contributed by atoms with Gasteiger partial charge < -0.3 is 10.1 Å². The number of benzene rings is 1. The molecule has 1 N–H and O–H groups in total. The summed E-state index contributed by atoms with van der Waals surface area (Å²) in [4.78, 5) is 16.3. The molecule has 0 spiro atoms. The zero-order valence-electron chi connectivity index (χ0n) is 12.8. The first-order valence-electron chi connectivity index (χ1n) is 7.22. The van der Waals surface area contributed by atoms with Crippen LogP contribution in [0.4, 0.5) is 5.95 Å². The fourth-order valence-corrected chi connectivity index (χ4v) is 2.80. The number of carbonyl (C=O) groups excluding carboxylic acids is 1. The second-order valence-electron chi connectivity index (χ2n) is 5.16. The van der Waals surface area contributed by atoms with Gasteiger partial charge in [-0.15, -0.1) is 0 Å². The Bertz CT molecular complexity index is 748. The highest BCUT2D eigenvalue weighted by Crippen LogP contribution is 2.35. The summed E-state index contributed by atoms with van der Waals surface area (Å²) in [5.41, 5.74) is 2.44. The van der Waals surface area contributed by atoms with Crippen LogP contribution in [-0.2, 0) is 4.79 Å². The molecule has 22 heavy (non-hydrogen) atoms. The number of hydrogen-bond donors (Lipinski definition) is 1. The first kappa shape index (κ1) is 14.3. The van der Waals surface area contributed by atoms with Gasteiger partial charge in [-0.1, -0.05) is 12.1 Å². The van der Waals surface area contributed by atoms with Crippen molar-refractivity contribution in [3.05, 3.63) is 47.4 Å². The van der Waals surface area contributed by atoms with Crippen molar-refractivity contribution < 1.29 is 9.53 Å². The van der Waals surface area contributed by atoms with Crippen molar-refractivity contribution >= 4 is 11.7 Å². The van der Waals surface area contributed by atoms with Crippen molar-refractivity contribution in [2.45, 2.75) is 26.8 Å². The largest absolute Gasteiger partial charge is 0.494 e. The Balaban J connectivity index is 2.14. The molecular weight excluding hydrogens is 280 g/mol. The highest BCUT2D eigenvalue weighted by atomic mass is 16.5. The van der Waals surface area contributed by atoms with Crippen LogP contribution in [0.15, 0.2) is 41.9 Å². The molecule has 1 aromatic heterocycles. The second-order valence-corrected chi connectivity index (χ2v) is 5.16. The van der Waals surface area contributed by atoms with Crippen LogP contribution in [-0.4, -0.2) is 27.2 Å². The van der Waals surface area contributed by atoms with E-state index in [1.165, 1.54) is 6.33 Å². The SMILES string of the molecule is CCOc1cccc(C2C(C(C)=O)=C(C)Nc3ncnn32)c1. The molecule has 0 saturated carbocycles. The van der Waals surface area contributed by atoms with Gasteiger partial charge >= 0.3 is 0 Å². The Kier molecular flexibility index (Phi) is 3.66. The summed E-state index contributed by atoms with van der Waals surface area (Å²) in [6, 6.07) is 7.45. The summed E-state index contributed by atoms with van der Waals surface area (Å²) in [7, 11) is 0. The molecule has 1 unspecified atom stereocenters. The molecule has 1 atom stereocenters. The van der Waals surface area contributed by atoms with Crippen LogP contribution < -0.4 is 10.1 Å². The van der Waals surface area contributed by atoms with Gasteiger partial charge in [-0.2, -0.15) is 10.1 Å². The smallest absolute Gasteiger partial charge is 0.226 e. The van der Waals surface area contributed by atoms with E-state index in [0.717, 1.165) is 17.0 Å². The van der Waals surface area contributed by atoms with E-state index in [1.807, 2.05) is 38.1 Å². The van der Waals surface area contributed by atoms with E-state index in [9.17, 15) is 4.79 Å². The number of ketones is 1. The highest BCUT2D eigenvalue weighted by Gasteiger charge is 2.31. The van der Waals surface area contributed by atoms with Crippen LogP contribution >= 0.6 is 0 Å². The molecule has 0 fully saturated rings. The topological polar surface area (TPSA) is 69.0 Å². The maximum atomic E-state index is 12.1. The molecule has 1 aliphatic heterocycles. The van der Waals surface area contributed by atoms with Crippen LogP contribution in [0.1, 0.15) is 32.4 Å². The fourth-order valence-electron chi connectivity index (χ4n) is 2.80. The minimum atomic E-state index is -0.295. The summed E-state index contributed by atoms with van der Waals surface area (Å²) in [6.07, 6.45) is 1.48. The van der Waals surface area contributed by atoms with Crippen molar-refractivity contribution in [1.82, 2.24) is 14.8 Å². The van der Waals surface area contributed by atoms with Gasteiger partial charge in [0.25, 0.3) is 0 Å². The number of allylic oxidation sites excluding steroid dienone is 2. The summed E-state index contributed by atoms with van der Waals surface area (Å²) in [5.74, 6) is 1.42. The van der Waals surface area contributed by atoms with Crippen molar-refractivity contribution in [1.29, 1.82) is 0 Å². The van der Waals surface area contributed by atoms with Gasteiger partial charge in [-0.05, 0) is 38.5 Å². The first-order valence-corrected chi connectivity index (χ1v) is 7.22. The summed E-state index contributed by atoms with van der Waals surface area (Å²) < 4.78 is 7.30. The molecule has 114 valence electrons. The van der Waals surface area contributed by atoms with Gasteiger partial charge in [0.05, 0.1) is 6.61 Å². The van der Waals surface area contributed by atoms with Gasteiger partial charge in [0.1, 0.15) is 18.1 Å². The van der Waals surface area contributed by atoms with Crippen molar-refractivity contribution in [3.63, 3.8) is 0 Å². The second kappa shape index (κ2) is 5.63. The number of aromatic nitrogens is 3. The van der Waals surface area contributed by atoms with Gasteiger partial charge in [0.15, 0.2) is 5.78 Å². The quantitative estimate of drug-likeness (QED) is 0.939. The Morgan fingerprint density at radius 2 is 2.27 bits per heavy atom. The lowest BCUT2D eigenvalue weighted by Crippen LogP contribution is -2.27. The zero-order valence-corrected chi connectivity index (χ0v) is 12.8. The van der Waals surface area contributed by atoms with Gasteiger partial charge in [0.2, 0.25) is 5.95 Å². The van der Waals surface area contributed by atoms with E-state index in [1.54, 1.807) is 11.6 Å². The Morgan fingerprint density at radius 3 is 3.00 bits per heavy atom. The number of Topliss-reactive ketones (excluding diaryl/α,β-unsaturated/α-hetero) is 1. The molecule has 0 saturated heterocycles. The summed E-state index contributed by atoms with van der Waals surface area (Å²) in [6.45, 7) is 5.99. The molecule has 6 heteroatoms. The molecule has 2 heterocycles. The number of fused-ring (bicyclic) bond motifs is 1. The fraction of sp³-hybridized carbons (Fsp3) is 0.312. The zero-order chi connectivity index (χ0) is 15.7. The number of carbonyl (C=O) groups is 1. The monoisotopic (exact) mass is 298 g/mol. The number of anilines is 1. The Labute approximate surface area is 128 Å². The van der Waals surface area contributed by atoms with E-state index in [2.05, 4.69) is 15.4 Å². The maximum Gasteiger partial charge on any atom is 0.226 e. The normalized spacial score (nSPS) is 17.0. The van der Waals surface area contributed by atoms with E-state index >= 15 is 0 Å². The van der Waals surface area contributed by atoms with Crippen molar-refractivity contribution in [3.8, 4) is 5.75 Å². The maximum absolute atomic E-state index is 12.1. The van der Waals surface area contributed by atoms with Crippen LogP contribution in [0.3, 0.4) is 0 Å². The molecule has 1 aromatic carbocycles. The van der Waals surface area contributed by atoms with Crippen LogP contribution in [0.5, 0.6) is 5.75 Å².